The molecule has 0 saturated carbocycles. The molecule has 2 aliphatic rings. The number of piperazine rings is 1. The molecule has 0 radical (unpaired) electrons. The van der Waals surface area contributed by atoms with E-state index in [2.05, 4.69) is 27.2 Å². The first-order chi connectivity index (χ1) is 16.2. The van der Waals surface area contributed by atoms with Gasteiger partial charge < -0.3 is 15.0 Å². The lowest BCUT2D eigenvalue weighted by Crippen LogP contribution is -2.47. The second-order valence-corrected chi connectivity index (χ2v) is 8.92. The maximum absolute atomic E-state index is 13.1. The van der Waals surface area contributed by atoms with Crippen LogP contribution in [0.25, 0.3) is 10.9 Å². The van der Waals surface area contributed by atoms with E-state index >= 15 is 0 Å². The van der Waals surface area contributed by atoms with Gasteiger partial charge in [0, 0.05) is 49.5 Å². The minimum Gasteiger partial charge on any atom is -0.497 e. The zero-order chi connectivity index (χ0) is 22.6. The lowest BCUT2D eigenvalue weighted by Gasteiger charge is -2.36. The first-order valence-corrected chi connectivity index (χ1v) is 12.0. The van der Waals surface area contributed by atoms with E-state index in [-0.39, 0.29) is 5.91 Å². The second kappa shape index (κ2) is 9.79. The lowest BCUT2D eigenvalue weighted by atomic mass is 10.0. The third-order valence-electron chi connectivity index (χ3n) is 6.89. The Balaban J connectivity index is 1.12. The summed E-state index contributed by atoms with van der Waals surface area (Å²) in [5.74, 6) is 0.945. The minimum atomic E-state index is 0.0519. The Morgan fingerprint density at radius 1 is 1.03 bits per heavy atom. The Bertz CT molecular complexity index is 1120. The van der Waals surface area contributed by atoms with Crippen LogP contribution >= 0.6 is 0 Å². The summed E-state index contributed by atoms with van der Waals surface area (Å²) in [4.78, 5) is 22.9. The number of ether oxygens (including phenoxy) is 1. The van der Waals surface area contributed by atoms with Crippen molar-refractivity contribution in [3.05, 3.63) is 65.4 Å². The number of benzene rings is 2. The number of para-hydroxylation sites is 1. The summed E-state index contributed by atoms with van der Waals surface area (Å²) in [6.07, 6.45) is 3.97. The quantitative estimate of drug-likeness (QED) is 0.564. The molecule has 0 bridgehead atoms. The first-order valence-electron chi connectivity index (χ1n) is 12.0. The van der Waals surface area contributed by atoms with Gasteiger partial charge in [-0.1, -0.05) is 18.2 Å². The fourth-order valence-electron chi connectivity index (χ4n) is 5.09. The number of anilines is 1. The van der Waals surface area contributed by atoms with Crippen molar-refractivity contribution in [1.82, 2.24) is 15.2 Å². The summed E-state index contributed by atoms with van der Waals surface area (Å²) >= 11 is 0. The van der Waals surface area contributed by atoms with Crippen molar-refractivity contribution in [2.45, 2.75) is 25.7 Å². The molecule has 1 aliphatic heterocycles. The summed E-state index contributed by atoms with van der Waals surface area (Å²) in [5, 5.41) is 4.17. The Labute approximate surface area is 195 Å². The topological polar surface area (TPSA) is 57.7 Å². The van der Waals surface area contributed by atoms with Crippen molar-refractivity contribution in [1.29, 1.82) is 0 Å². The number of fused-ring (bicyclic) bond motifs is 2. The Morgan fingerprint density at radius 3 is 2.61 bits per heavy atom. The van der Waals surface area contributed by atoms with Crippen LogP contribution in [0.5, 0.6) is 5.75 Å². The predicted octanol–water partition coefficient (Wildman–Crippen LogP) is 3.67. The van der Waals surface area contributed by atoms with Gasteiger partial charge in [-0.25, -0.2) is 0 Å². The highest BCUT2D eigenvalue weighted by atomic mass is 16.5. The molecule has 172 valence electrons. The Hall–Kier alpha value is -3.12. The van der Waals surface area contributed by atoms with Gasteiger partial charge in [-0.3, -0.25) is 14.7 Å². The van der Waals surface area contributed by atoms with Gasteiger partial charge in [0.1, 0.15) is 5.75 Å². The number of aryl methyl sites for hydroxylation is 1. The van der Waals surface area contributed by atoms with Gasteiger partial charge in [0.05, 0.1) is 18.2 Å². The van der Waals surface area contributed by atoms with Gasteiger partial charge in [0.25, 0.3) is 5.91 Å². The highest BCUT2D eigenvalue weighted by molar-refractivity contribution is 6.07. The zero-order valence-electron chi connectivity index (χ0n) is 19.3. The van der Waals surface area contributed by atoms with E-state index in [1.807, 2.05) is 36.4 Å². The lowest BCUT2D eigenvalue weighted by molar-refractivity contribution is 0.0952. The number of nitrogens with one attached hydrogen (secondary N) is 1. The molecule has 0 spiro atoms. The van der Waals surface area contributed by atoms with Gasteiger partial charge in [-0.2, -0.15) is 0 Å². The number of carbonyl (C=O) groups is 1. The summed E-state index contributed by atoms with van der Waals surface area (Å²) in [6.45, 7) is 5.83. The standard InChI is InChI=1S/C27H32N4O2/c1-33-21-12-10-20(11-13-21)31-18-16-30(17-19-31)15-5-14-28-27(32)26-22-6-2-3-8-24(22)29-25-9-4-7-23(25)26/h2-3,6,8,10-13H,4-5,7,9,14-19H2,1H3,(H,28,32). The number of carbonyl (C=O) groups excluding carboxylic acids is 1. The van der Waals surface area contributed by atoms with Crippen LogP contribution in [0, 0.1) is 0 Å². The van der Waals surface area contributed by atoms with Crippen LogP contribution in [0.1, 0.15) is 34.5 Å². The van der Waals surface area contributed by atoms with E-state index in [0.29, 0.717) is 6.54 Å². The average Bonchev–Trinajstić information content (AvgIpc) is 3.33. The van der Waals surface area contributed by atoms with E-state index < -0.39 is 0 Å². The van der Waals surface area contributed by atoms with Gasteiger partial charge in [0.2, 0.25) is 0 Å². The van der Waals surface area contributed by atoms with E-state index in [1.54, 1.807) is 7.11 Å². The molecule has 1 aliphatic carbocycles. The van der Waals surface area contributed by atoms with E-state index in [9.17, 15) is 4.79 Å². The molecule has 1 aromatic heterocycles. The largest absolute Gasteiger partial charge is 0.497 e. The molecular weight excluding hydrogens is 412 g/mol. The van der Waals surface area contributed by atoms with Gasteiger partial charge in [0.15, 0.2) is 0 Å². The van der Waals surface area contributed by atoms with Crippen molar-refractivity contribution in [3.63, 3.8) is 0 Å². The van der Waals surface area contributed by atoms with Gasteiger partial charge >= 0.3 is 0 Å². The normalized spacial score (nSPS) is 16.1. The summed E-state index contributed by atoms with van der Waals surface area (Å²) in [7, 11) is 1.70. The van der Waals surface area contributed by atoms with Crippen molar-refractivity contribution in [2.24, 2.45) is 0 Å². The SMILES string of the molecule is COc1ccc(N2CCN(CCCNC(=O)c3c4c(nc5ccccc35)CCC4)CC2)cc1. The fraction of sp³-hybridized carbons (Fsp3) is 0.407. The van der Waals surface area contributed by atoms with Crippen molar-refractivity contribution in [3.8, 4) is 5.75 Å². The third-order valence-corrected chi connectivity index (χ3v) is 6.89. The molecule has 6 heteroatoms. The second-order valence-electron chi connectivity index (χ2n) is 8.92. The molecule has 0 atom stereocenters. The number of methoxy groups -OCH3 is 1. The third kappa shape index (κ3) is 4.67. The van der Waals surface area contributed by atoms with Crippen LogP contribution < -0.4 is 15.0 Å². The molecule has 1 fully saturated rings. The molecule has 2 heterocycles. The number of nitrogens with zero attached hydrogens (tertiary/aromatic N) is 3. The van der Waals surface area contributed by atoms with Gasteiger partial charge in [-0.05, 0) is 68.1 Å². The molecule has 1 N–H and O–H groups in total. The summed E-state index contributed by atoms with van der Waals surface area (Å²) in [5.41, 5.74) is 5.29. The van der Waals surface area contributed by atoms with Crippen molar-refractivity contribution >= 4 is 22.5 Å². The number of hydrogen-bond acceptors (Lipinski definition) is 5. The molecule has 1 saturated heterocycles. The fourth-order valence-corrected chi connectivity index (χ4v) is 5.09. The minimum absolute atomic E-state index is 0.0519. The van der Waals surface area contributed by atoms with Crippen LogP contribution in [-0.4, -0.2) is 62.2 Å². The molecule has 33 heavy (non-hydrogen) atoms. The average molecular weight is 445 g/mol. The van der Waals surface area contributed by atoms with E-state index in [1.165, 1.54) is 5.69 Å². The predicted molar refractivity (Wildman–Crippen MR) is 132 cm³/mol. The smallest absolute Gasteiger partial charge is 0.252 e. The molecule has 1 amide bonds. The van der Waals surface area contributed by atoms with Crippen molar-refractivity contribution in [2.75, 3.05) is 51.3 Å². The van der Waals surface area contributed by atoms with Crippen LogP contribution in [0.15, 0.2) is 48.5 Å². The number of pyridine rings is 1. The highest BCUT2D eigenvalue weighted by Gasteiger charge is 2.23. The van der Waals surface area contributed by atoms with Crippen LogP contribution in [0.2, 0.25) is 0 Å². The van der Waals surface area contributed by atoms with Crippen molar-refractivity contribution < 1.29 is 9.53 Å². The molecule has 0 unspecified atom stereocenters. The Kier molecular flexibility index (Phi) is 6.44. The maximum atomic E-state index is 13.1. The van der Waals surface area contributed by atoms with Crippen LogP contribution in [0.4, 0.5) is 5.69 Å². The molecule has 3 aromatic rings. The van der Waals surface area contributed by atoms with Gasteiger partial charge in [-0.15, -0.1) is 0 Å². The number of amides is 1. The zero-order valence-corrected chi connectivity index (χ0v) is 19.3. The monoisotopic (exact) mass is 444 g/mol. The summed E-state index contributed by atoms with van der Waals surface area (Å²) in [6, 6.07) is 16.3. The molecular formula is C27H32N4O2. The Morgan fingerprint density at radius 2 is 1.82 bits per heavy atom. The maximum Gasteiger partial charge on any atom is 0.252 e. The molecule has 5 rings (SSSR count). The highest BCUT2D eigenvalue weighted by Crippen LogP contribution is 2.29. The molecule has 2 aromatic carbocycles. The van der Waals surface area contributed by atoms with Crippen LogP contribution in [0.3, 0.4) is 0 Å². The summed E-state index contributed by atoms with van der Waals surface area (Å²) < 4.78 is 5.26. The molecule has 6 nitrogen and oxygen atoms in total. The van der Waals surface area contributed by atoms with E-state index in [4.69, 9.17) is 9.72 Å². The van der Waals surface area contributed by atoms with E-state index in [0.717, 1.165) is 91.9 Å². The number of hydrogen-bond donors (Lipinski definition) is 1. The number of rotatable bonds is 7. The first kappa shape index (κ1) is 21.7. The number of aromatic nitrogens is 1. The van der Waals surface area contributed by atoms with Crippen LogP contribution in [-0.2, 0) is 12.8 Å².